The standard InChI is InChI=1S/C22H16F6N4O3/c23-16-8-12(18-29-30-19(35-18)17(24)25)6-7-13(16)11-32(15-4-2-1-3-5-15)20(33)14-9-31(10-14)21(34)22(26,27)28/h1-8,14,17H,9-11H2. The van der Waals surface area contributed by atoms with Crippen LogP contribution in [0.4, 0.5) is 32.0 Å². The Morgan fingerprint density at radius 3 is 2.34 bits per heavy atom. The summed E-state index contributed by atoms with van der Waals surface area (Å²) in [4.78, 5) is 26.2. The van der Waals surface area contributed by atoms with E-state index in [-0.39, 0.29) is 23.6 Å². The van der Waals surface area contributed by atoms with Crippen LogP contribution < -0.4 is 4.90 Å². The number of halogens is 6. The average molecular weight is 498 g/mol. The van der Waals surface area contributed by atoms with Crippen LogP contribution in [-0.4, -0.2) is 46.2 Å². The first-order valence-electron chi connectivity index (χ1n) is 10.2. The number of carbonyl (C=O) groups excluding carboxylic acids is 2. The van der Waals surface area contributed by atoms with Gasteiger partial charge in [-0.25, -0.2) is 4.39 Å². The molecule has 7 nitrogen and oxygen atoms in total. The Labute approximate surface area is 193 Å². The minimum absolute atomic E-state index is 0.0436. The van der Waals surface area contributed by atoms with E-state index in [9.17, 15) is 35.9 Å². The van der Waals surface area contributed by atoms with Crippen LogP contribution >= 0.6 is 0 Å². The first kappa shape index (κ1) is 24.2. The molecule has 3 aromatic rings. The van der Waals surface area contributed by atoms with E-state index in [1.165, 1.54) is 17.0 Å². The Hall–Kier alpha value is -3.90. The van der Waals surface area contributed by atoms with Gasteiger partial charge in [0.1, 0.15) is 5.82 Å². The van der Waals surface area contributed by atoms with Crippen LogP contribution in [0.1, 0.15) is 17.9 Å². The number of alkyl halides is 5. The number of hydrogen-bond acceptors (Lipinski definition) is 5. The van der Waals surface area contributed by atoms with E-state index in [2.05, 4.69) is 10.2 Å². The Kier molecular flexibility index (Phi) is 6.50. The van der Waals surface area contributed by atoms with Crippen molar-refractivity contribution < 1.29 is 40.3 Å². The molecule has 1 saturated heterocycles. The number of hydrogen-bond donors (Lipinski definition) is 0. The zero-order valence-electron chi connectivity index (χ0n) is 17.7. The predicted octanol–water partition coefficient (Wildman–Crippen LogP) is 4.37. The van der Waals surface area contributed by atoms with Crippen molar-refractivity contribution in [2.24, 2.45) is 5.92 Å². The minimum atomic E-state index is -5.04. The third kappa shape index (κ3) is 5.12. The van der Waals surface area contributed by atoms with Crippen molar-refractivity contribution in [2.75, 3.05) is 18.0 Å². The molecule has 4 rings (SSSR count). The number of aromatic nitrogens is 2. The Morgan fingerprint density at radius 1 is 1.09 bits per heavy atom. The Morgan fingerprint density at radius 2 is 1.77 bits per heavy atom. The highest BCUT2D eigenvalue weighted by Gasteiger charge is 2.48. The van der Waals surface area contributed by atoms with Gasteiger partial charge in [0, 0.05) is 29.9 Å². The summed E-state index contributed by atoms with van der Waals surface area (Å²) in [6, 6.07) is 11.7. The van der Waals surface area contributed by atoms with E-state index in [1.54, 1.807) is 30.3 Å². The molecule has 1 fully saturated rings. The molecule has 2 amide bonds. The zero-order valence-corrected chi connectivity index (χ0v) is 17.7. The first-order chi connectivity index (χ1) is 16.5. The van der Waals surface area contributed by atoms with E-state index in [0.29, 0.717) is 10.6 Å². The smallest absolute Gasteiger partial charge is 0.415 e. The van der Waals surface area contributed by atoms with Gasteiger partial charge in [-0.15, -0.1) is 10.2 Å². The fourth-order valence-corrected chi connectivity index (χ4v) is 3.52. The third-order valence-electron chi connectivity index (χ3n) is 5.35. The van der Waals surface area contributed by atoms with Crippen LogP contribution in [0.15, 0.2) is 52.9 Å². The van der Waals surface area contributed by atoms with Crippen LogP contribution in [0.25, 0.3) is 11.5 Å². The zero-order chi connectivity index (χ0) is 25.3. The summed E-state index contributed by atoms with van der Waals surface area (Å²) in [5.74, 6) is -5.52. The van der Waals surface area contributed by atoms with Crippen molar-refractivity contribution >= 4 is 17.5 Å². The quantitative estimate of drug-likeness (QED) is 0.472. The molecule has 1 aliphatic heterocycles. The molecule has 0 spiro atoms. The maximum Gasteiger partial charge on any atom is 0.471 e. The second kappa shape index (κ2) is 9.39. The number of anilines is 1. The summed E-state index contributed by atoms with van der Waals surface area (Å²) in [6.45, 7) is -1.10. The second-order valence-corrected chi connectivity index (χ2v) is 7.72. The fourth-order valence-electron chi connectivity index (χ4n) is 3.52. The summed E-state index contributed by atoms with van der Waals surface area (Å²) in [5.41, 5.74) is 0.464. The molecule has 2 aromatic carbocycles. The van der Waals surface area contributed by atoms with Gasteiger partial charge in [-0.3, -0.25) is 9.59 Å². The molecule has 0 aliphatic carbocycles. The van der Waals surface area contributed by atoms with Gasteiger partial charge >= 0.3 is 18.5 Å². The van der Waals surface area contributed by atoms with Crippen molar-refractivity contribution in [3.8, 4) is 11.5 Å². The number of carbonyl (C=O) groups is 2. The number of amides is 2. The molecular weight excluding hydrogens is 482 g/mol. The van der Waals surface area contributed by atoms with Gasteiger partial charge in [0.2, 0.25) is 11.8 Å². The highest BCUT2D eigenvalue weighted by Crippen LogP contribution is 2.30. The van der Waals surface area contributed by atoms with Crippen LogP contribution in [-0.2, 0) is 16.1 Å². The molecule has 35 heavy (non-hydrogen) atoms. The molecule has 0 N–H and O–H groups in total. The van der Waals surface area contributed by atoms with Crippen LogP contribution in [0.3, 0.4) is 0 Å². The molecule has 0 saturated carbocycles. The second-order valence-electron chi connectivity index (χ2n) is 7.72. The van der Waals surface area contributed by atoms with Gasteiger partial charge < -0.3 is 14.2 Å². The van der Waals surface area contributed by atoms with Crippen molar-refractivity contribution in [1.29, 1.82) is 0 Å². The molecule has 1 aromatic heterocycles. The van der Waals surface area contributed by atoms with Gasteiger partial charge in [0.05, 0.1) is 12.5 Å². The van der Waals surface area contributed by atoms with Gasteiger partial charge in [-0.2, -0.15) is 22.0 Å². The molecule has 0 bridgehead atoms. The van der Waals surface area contributed by atoms with Crippen LogP contribution in [0.5, 0.6) is 0 Å². The summed E-state index contributed by atoms with van der Waals surface area (Å²) in [6.07, 6.45) is -8.02. The fraction of sp³-hybridized carbons (Fsp3) is 0.273. The number of nitrogens with zero attached hydrogens (tertiary/aromatic N) is 4. The Bertz CT molecular complexity index is 1230. The highest BCUT2D eigenvalue weighted by molar-refractivity contribution is 5.97. The maximum absolute atomic E-state index is 14.9. The van der Waals surface area contributed by atoms with Gasteiger partial charge in [-0.05, 0) is 24.3 Å². The average Bonchev–Trinajstić information content (AvgIpc) is 3.28. The topological polar surface area (TPSA) is 79.5 Å². The lowest BCUT2D eigenvalue weighted by molar-refractivity contribution is -0.191. The molecule has 0 unspecified atom stereocenters. The summed E-state index contributed by atoms with van der Waals surface area (Å²) < 4.78 is 82.9. The molecule has 0 atom stereocenters. The molecule has 0 radical (unpaired) electrons. The van der Waals surface area contributed by atoms with Crippen LogP contribution in [0.2, 0.25) is 0 Å². The van der Waals surface area contributed by atoms with E-state index >= 15 is 0 Å². The van der Waals surface area contributed by atoms with E-state index in [0.717, 1.165) is 6.07 Å². The lowest BCUT2D eigenvalue weighted by Crippen LogP contribution is -2.59. The largest absolute Gasteiger partial charge is 0.471 e. The van der Waals surface area contributed by atoms with Crippen molar-refractivity contribution in [1.82, 2.24) is 15.1 Å². The van der Waals surface area contributed by atoms with Gasteiger partial charge in [0.15, 0.2) is 0 Å². The van der Waals surface area contributed by atoms with Crippen molar-refractivity contribution in [3.05, 3.63) is 65.8 Å². The maximum atomic E-state index is 14.9. The molecule has 2 heterocycles. The summed E-state index contributed by atoms with van der Waals surface area (Å²) >= 11 is 0. The lowest BCUT2D eigenvalue weighted by atomic mass is 9.97. The first-order valence-corrected chi connectivity index (χ1v) is 10.2. The highest BCUT2D eigenvalue weighted by atomic mass is 19.4. The minimum Gasteiger partial charge on any atom is -0.415 e. The van der Waals surface area contributed by atoms with Crippen LogP contribution in [0, 0.1) is 11.7 Å². The van der Waals surface area contributed by atoms with E-state index in [1.807, 2.05) is 0 Å². The Balaban J connectivity index is 1.54. The van der Waals surface area contributed by atoms with E-state index < -0.39 is 55.1 Å². The number of rotatable bonds is 6. The third-order valence-corrected chi connectivity index (χ3v) is 5.35. The monoisotopic (exact) mass is 498 g/mol. The summed E-state index contributed by atoms with van der Waals surface area (Å²) in [7, 11) is 0. The number of para-hydroxylation sites is 1. The van der Waals surface area contributed by atoms with Gasteiger partial charge in [0.25, 0.3) is 5.89 Å². The van der Waals surface area contributed by atoms with E-state index in [4.69, 9.17) is 4.42 Å². The lowest BCUT2D eigenvalue weighted by Gasteiger charge is -2.40. The molecule has 184 valence electrons. The predicted molar refractivity (Wildman–Crippen MR) is 108 cm³/mol. The normalized spacial score (nSPS) is 14.2. The van der Waals surface area contributed by atoms with Crippen molar-refractivity contribution in [2.45, 2.75) is 19.1 Å². The van der Waals surface area contributed by atoms with Crippen molar-refractivity contribution in [3.63, 3.8) is 0 Å². The molecule has 1 aliphatic rings. The molecule has 13 heteroatoms. The van der Waals surface area contributed by atoms with Gasteiger partial charge in [-0.1, -0.05) is 24.3 Å². The number of benzene rings is 2. The number of likely N-dealkylation sites (tertiary alicyclic amines) is 1. The SMILES string of the molecule is O=C(C1CN(C(=O)C(F)(F)F)C1)N(Cc1ccc(-c2nnc(C(F)F)o2)cc1F)c1ccccc1. The molecular formula is C22H16F6N4O3. The summed E-state index contributed by atoms with van der Waals surface area (Å²) in [5, 5.41) is 6.64.